The second-order valence-electron chi connectivity index (χ2n) is 4.90. The molecule has 0 amide bonds. The van der Waals surface area contributed by atoms with Crippen molar-refractivity contribution in [2.75, 3.05) is 20.2 Å². The van der Waals surface area contributed by atoms with E-state index in [1.54, 1.807) is 0 Å². The quantitative estimate of drug-likeness (QED) is 0.766. The second-order valence-corrected chi connectivity index (χ2v) is 4.90. The van der Waals surface area contributed by atoms with E-state index in [1.807, 2.05) is 13.8 Å². The fraction of sp³-hybridized carbons (Fsp3) is 0.692. The number of hydrogen-bond acceptors (Lipinski definition) is 5. The van der Waals surface area contributed by atoms with Gasteiger partial charge in [-0.15, -0.1) is 0 Å². The van der Waals surface area contributed by atoms with Crippen LogP contribution < -0.4 is 0 Å². The first-order valence-corrected chi connectivity index (χ1v) is 6.33. The average Bonchev–Trinajstić information content (AvgIpc) is 2.70. The summed E-state index contributed by atoms with van der Waals surface area (Å²) in [4.78, 5) is 13.8. The number of aryl methyl sites for hydroxylation is 2. The smallest absolute Gasteiger partial charge is 0.309 e. The van der Waals surface area contributed by atoms with E-state index in [-0.39, 0.29) is 11.9 Å². The molecule has 1 atom stereocenters. The van der Waals surface area contributed by atoms with Crippen LogP contribution in [0.2, 0.25) is 0 Å². The van der Waals surface area contributed by atoms with Crippen molar-refractivity contribution in [1.29, 1.82) is 0 Å². The number of piperidine rings is 1. The summed E-state index contributed by atoms with van der Waals surface area (Å²) in [6.45, 7) is 6.45. The molecule has 0 aliphatic carbocycles. The molecule has 0 unspecified atom stereocenters. The van der Waals surface area contributed by atoms with E-state index in [0.29, 0.717) is 0 Å². The normalized spacial score (nSPS) is 20.9. The van der Waals surface area contributed by atoms with Crippen LogP contribution in [0.15, 0.2) is 4.52 Å². The average molecular weight is 252 g/mol. The van der Waals surface area contributed by atoms with Gasteiger partial charge in [-0.2, -0.15) is 0 Å². The van der Waals surface area contributed by atoms with Gasteiger partial charge in [0, 0.05) is 18.7 Å². The van der Waals surface area contributed by atoms with Crippen LogP contribution in [-0.2, 0) is 16.1 Å². The summed E-state index contributed by atoms with van der Waals surface area (Å²) in [5.41, 5.74) is 2.08. The number of rotatable bonds is 3. The van der Waals surface area contributed by atoms with Crippen LogP contribution in [0.4, 0.5) is 0 Å². The lowest BCUT2D eigenvalue weighted by molar-refractivity contribution is -0.147. The zero-order valence-corrected chi connectivity index (χ0v) is 11.2. The predicted molar refractivity (Wildman–Crippen MR) is 66.0 cm³/mol. The van der Waals surface area contributed by atoms with Crippen LogP contribution in [0.25, 0.3) is 0 Å². The predicted octanol–water partition coefficient (Wildman–Crippen LogP) is 1.68. The first-order valence-electron chi connectivity index (χ1n) is 6.33. The summed E-state index contributed by atoms with van der Waals surface area (Å²) < 4.78 is 9.99. The molecule has 2 rings (SSSR count). The second kappa shape index (κ2) is 5.52. The van der Waals surface area contributed by atoms with Gasteiger partial charge < -0.3 is 9.26 Å². The van der Waals surface area contributed by atoms with Crippen molar-refractivity contribution in [3.63, 3.8) is 0 Å². The minimum absolute atomic E-state index is 0.00391. The van der Waals surface area contributed by atoms with Crippen molar-refractivity contribution in [1.82, 2.24) is 10.1 Å². The molecule has 0 saturated carbocycles. The summed E-state index contributed by atoms with van der Waals surface area (Å²) in [5.74, 6) is 0.773. The molecule has 5 heteroatoms. The van der Waals surface area contributed by atoms with Gasteiger partial charge in [-0.25, -0.2) is 0 Å². The molecule has 100 valence electrons. The number of aromatic nitrogens is 1. The summed E-state index contributed by atoms with van der Waals surface area (Å²) in [5, 5.41) is 3.96. The number of methoxy groups -OCH3 is 1. The van der Waals surface area contributed by atoms with Gasteiger partial charge in [0.15, 0.2) is 0 Å². The van der Waals surface area contributed by atoms with Crippen LogP contribution in [0.5, 0.6) is 0 Å². The molecule has 18 heavy (non-hydrogen) atoms. The maximum atomic E-state index is 11.6. The highest BCUT2D eigenvalue weighted by molar-refractivity contribution is 5.72. The number of ether oxygens (including phenoxy) is 1. The fourth-order valence-electron chi connectivity index (χ4n) is 2.51. The molecule has 5 nitrogen and oxygen atoms in total. The van der Waals surface area contributed by atoms with E-state index in [4.69, 9.17) is 9.26 Å². The summed E-state index contributed by atoms with van der Waals surface area (Å²) >= 11 is 0. The van der Waals surface area contributed by atoms with Crippen molar-refractivity contribution in [2.24, 2.45) is 5.92 Å². The van der Waals surface area contributed by atoms with Gasteiger partial charge in [0.2, 0.25) is 0 Å². The Morgan fingerprint density at radius 3 is 2.94 bits per heavy atom. The molecule has 1 aliphatic rings. The summed E-state index contributed by atoms with van der Waals surface area (Å²) in [6, 6.07) is 0. The van der Waals surface area contributed by atoms with Crippen molar-refractivity contribution >= 4 is 5.97 Å². The molecular formula is C13H20N2O3. The minimum atomic E-state index is -0.0986. The number of carbonyl (C=O) groups excluding carboxylic acids is 1. The molecular weight excluding hydrogens is 232 g/mol. The van der Waals surface area contributed by atoms with E-state index in [2.05, 4.69) is 10.1 Å². The highest BCUT2D eigenvalue weighted by Crippen LogP contribution is 2.22. The molecule has 0 radical (unpaired) electrons. The zero-order chi connectivity index (χ0) is 13.1. The van der Waals surface area contributed by atoms with E-state index in [9.17, 15) is 4.79 Å². The van der Waals surface area contributed by atoms with Crippen LogP contribution in [-0.4, -0.2) is 36.2 Å². The molecule has 1 saturated heterocycles. The monoisotopic (exact) mass is 252 g/mol. The third-order valence-electron chi connectivity index (χ3n) is 3.60. The topological polar surface area (TPSA) is 55.6 Å². The Balaban J connectivity index is 2.00. The maximum Gasteiger partial charge on any atom is 0.309 e. The Morgan fingerprint density at radius 1 is 1.56 bits per heavy atom. The highest BCUT2D eigenvalue weighted by Gasteiger charge is 2.27. The number of likely N-dealkylation sites (tertiary alicyclic amines) is 1. The van der Waals surface area contributed by atoms with Gasteiger partial charge in [0.05, 0.1) is 18.7 Å². The van der Waals surface area contributed by atoms with Crippen molar-refractivity contribution in [3.8, 4) is 0 Å². The van der Waals surface area contributed by atoms with Gasteiger partial charge in [-0.05, 0) is 33.2 Å². The minimum Gasteiger partial charge on any atom is -0.469 e. The highest BCUT2D eigenvalue weighted by atomic mass is 16.5. The van der Waals surface area contributed by atoms with Crippen LogP contribution in [0.3, 0.4) is 0 Å². The van der Waals surface area contributed by atoms with Gasteiger partial charge in [-0.3, -0.25) is 9.69 Å². The molecule has 1 aliphatic heterocycles. The van der Waals surface area contributed by atoms with Gasteiger partial charge >= 0.3 is 5.97 Å². The molecule has 1 aromatic rings. The van der Waals surface area contributed by atoms with Crippen molar-refractivity contribution in [3.05, 3.63) is 17.0 Å². The lowest BCUT2D eigenvalue weighted by atomic mass is 9.97. The largest absolute Gasteiger partial charge is 0.469 e. The van der Waals surface area contributed by atoms with Gasteiger partial charge in [0.1, 0.15) is 5.76 Å². The number of hydrogen-bond donors (Lipinski definition) is 0. The molecule has 0 bridgehead atoms. The SMILES string of the molecule is COC(=O)[C@H]1CCCN(Cc2c(C)noc2C)C1. The maximum absolute atomic E-state index is 11.6. The summed E-state index contributed by atoms with van der Waals surface area (Å²) in [6.07, 6.45) is 1.95. The number of nitrogens with zero attached hydrogens (tertiary/aromatic N) is 2. The summed E-state index contributed by atoms with van der Waals surface area (Å²) in [7, 11) is 1.45. The molecule has 2 heterocycles. The lowest BCUT2D eigenvalue weighted by Gasteiger charge is -2.31. The van der Waals surface area contributed by atoms with Crippen LogP contribution in [0.1, 0.15) is 29.9 Å². The van der Waals surface area contributed by atoms with E-state index < -0.39 is 0 Å². The van der Waals surface area contributed by atoms with E-state index in [1.165, 1.54) is 7.11 Å². The van der Waals surface area contributed by atoms with Gasteiger partial charge in [0.25, 0.3) is 0 Å². The van der Waals surface area contributed by atoms with E-state index in [0.717, 1.165) is 49.5 Å². The van der Waals surface area contributed by atoms with Gasteiger partial charge in [-0.1, -0.05) is 5.16 Å². The Morgan fingerprint density at radius 2 is 2.33 bits per heavy atom. The Hall–Kier alpha value is -1.36. The zero-order valence-electron chi connectivity index (χ0n) is 11.2. The molecule has 0 spiro atoms. The molecule has 1 aromatic heterocycles. The van der Waals surface area contributed by atoms with Crippen molar-refractivity contribution < 1.29 is 14.1 Å². The van der Waals surface area contributed by atoms with E-state index >= 15 is 0 Å². The van der Waals surface area contributed by atoms with Crippen LogP contribution >= 0.6 is 0 Å². The van der Waals surface area contributed by atoms with Crippen LogP contribution in [0, 0.1) is 19.8 Å². The first kappa shape index (κ1) is 13.1. The Kier molecular flexibility index (Phi) is 4.01. The number of carbonyl (C=O) groups is 1. The molecule has 1 fully saturated rings. The standard InChI is InChI=1S/C13H20N2O3/c1-9-12(10(2)18-14-9)8-15-6-4-5-11(7-15)13(16)17-3/h11H,4-8H2,1-3H3/t11-/m0/s1. The third kappa shape index (κ3) is 2.72. The Bertz CT molecular complexity index is 408. The molecule has 0 aromatic carbocycles. The van der Waals surface area contributed by atoms with Crippen molar-refractivity contribution in [2.45, 2.75) is 33.2 Å². The third-order valence-corrected chi connectivity index (χ3v) is 3.60. The Labute approximate surface area is 107 Å². The molecule has 0 N–H and O–H groups in total. The lowest BCUT2D eigenvalue weighted by Crippen LogP contribution is -2.38. The first-order chi connectivity index (χ1) is 8.61. The fourth-order valence-corrected chi connectivity index (χ4v) is 2.51. The number of esters is 1.